The lowest BCUT2D eigenvalue weighted by molar-refractivity contribution is -0.384. The van der Waals surface area contributed by atoms with Crippen LogP contribution >= 0.6 is 11.6 Å². The minimum Gasteiger partial charge on any atom is -0.468 e. The Hall–Kier alpha value is -3.65. The summed E-state index contributed by atoms with van der Waals surface area (Å²) < 4.78 is 38.0. The molecule has 2 heterocycles. The Bertz CT molecular complexity index is 1550. The number of carbonyl (C=O) groups excluding carboxylic acids is 2. The number of non-ortho nitro benzene ring substituents is 1. The maximum Gasteiger partial charge on any atom is 0.336 e. The lowest BCUT2D eigenvalue weighted by Crippen LogP contribution is -2.49. The zero-order valence-electron chi connectivity index (χ0n) is 23.4. The van der Waals surface area contributed by atoms with Gasteiger partial charge in [-0.3, -0.25) is 24.8 Å². The van der Waals surface area contributed by atoms with Crippen molar-refractivity contribution in [3.8, 4) is 0 Å². The van der Waals surface area contributed by atoms with E-state index in [0.29, 0.717) is 36.6 Å². The molecule has 0 N–H and O–H groups in total. The van der Waals surface area contributed by atoms with Gasteiger partial charge in [-0.15, -0.1) is 0 Å². The van der Waals surface area contributed by atoms with E-state index in [4.69, 9.17) is 21.1 Å². The summed E-state index contributed by atoms with van der Waals surface area (Å²) in [6.07, 6.45) is 0. The molecule has 0 aromatic heterocycles. The molecule has 14 heteroatoms. The van der Waals surface area contributed by atoms with E-state index in [1.807, 2.05) is 4.90 Å². The summed E-state index contributed by atoms with van der Waals surface area (Å²) in [6.45, 7) is 4.95. The van der Waals surface area contributed by atoms with E-state index in [-0.39, 0.29) is 40.9 Å². The van der Waals surface area contributed by atoms with Gasteiger partial charge >= 0.3 is 11.9 Å². The third kappa shape index (κ3) is 6.54. The maximum atomic E-state index is 13.4. The van der Waals surface area contributed by atoms with Crippen molar-refractivity contribution < 1.29 is 32.4 Å². The average Bonchev–Trinajstić information content (AvgIpc) is 2.96. The molecule has 42 heavy (non-hydrogen) atoms. The molecule has 2 aromatic carbocycles. The number of hydrogen-bond donors (Lipinski definition) is 0. The molecule has 0 aliphatic carbocycles. The van der Waals surface area contributed by atoms with Gasteiger partial charge in [-0.2, -0.15) is 4.31 Å². The Kier molecular flexibility index (Phi) is 9.77. The normalized spacial score (nSPS) is 20.1. The molecular formula is C28H31ClN4O8S. The van der Waals surface area contributed by atoms with Gasteiger partial charge in [0.1, 0.15) is 17.4 Å². The minimum atomic E-state index is -3.74. The van der Waals surface area contributed by atoms with Crippen LogP contribution in [0.4, 0.5) is 5.69 Å². The molecule has 0 saturated carbocycles. The second-order valence-corrected chi connectivity index (χ2v) is 12.2. The van der Waals surface area contributed by atoms with Crippen molar-refractivity contribution in [2.24, 2.45) is 10.9 Å². The van der Waals surface area contributed by atoms with Crippen LogP contribution in [0.1, 0.15) is 25.3 Å². The summed E-state index contributed by atoms with van der Waals surface area (Å²) in [5.41, 5.74) is 1.07. The number of piperazine rings is 1. The summed E-state index contributed by atoms with van der Waals surface area (Å²) in [7, 11) is -2.51. The molecule has 2 unspecified atom stereocenters. The summed E-state index contributed by atoms with van der Waals surface area (Å²) in [4.78, 5) is 43.6. The van der Waals surface area contributed by atoms with Crippen molar-refractivity contribution in [3.63, 3.8) is 0 Å². The van der Waals surface area contributed by atoms with Gasteiger partial charge in [0.2, 0.25) is 10.0 Å². The van der Waals surface area contributed by atoms with Gasteiger partial charge in [0.05, 0.1) is 22.6 Å². The van der Waals surface area contributed by atoms with Gasteiger partial charge in [-0.05, 0) is 31.5 Å². The Labute approximate surface area is 248 Å². The highest BCUT2D eigenvalue weighted by atomic mass is 35.5. The van der Waals surface area contributed by atoms with Crippen LogP contribution in [0, 0.1) is 16.0 Å². The van der Waals surface area contributed by atoms with E-state index < -0.39 is 38.7 Å². The fraction of sp³-hybridized carbons (Fsp3) is 0.393. The molecule has 2 aromatic rings. The average molecular weight is 619 g/mol. The van der Waals surface area contributed by atoms with E-state index in [0.717, 1.165) is 0 Å². The van der Waals surface area contributed by atoms with Crippen LogP contribution in [-0.2, 0) is 29.1 Å². The molecule has 224 valence electrons. The summed E-state index contributed by atoms with van der Waals surface area (Å²) >= 11 is 6.11. The molecule has 1 saturated heterocycles. The minimum absolute atomic E-state index is 0.000121. The third-order valence-electron chi connectivity index (χ3n) is 7.37. The third-order valence-corrected chi connectivity index (χ3v) is 9.77. The van der Waals surface area contributed by atoms with Crippen LogP contribution in [0.15, 0.2) is 69.7 Å². The van der Waals surface area contributed by atoms with Crippen LogP contribution < -0.4 is 0 Å². The fourth-order valence-electron chi connectivity index (χ4n) is 5.26. The number of esters is 2. The molecule has 2 aliphatic heterocycles. The number of carbonyl (C=O) groups is 2. The monoisotopic (exact) mass is 618 g/mol. The highest BCUT2D eigenvalue weighted by Crippen LogP contribution is 2.41. The van der Waals surface area contributed by atoms with Gasteiger partial charge in [-0.25, -0.2) is 13.2 Å². The Morgan fingerprint density at radius 2 is 1.79 bits per heavy atom. The van der Waals surface area contributed by atoms with Crippen molar-refractivity contribution in [2.75, 3.05) is 46.4 Å². The Balaban J connectivity index is 1.45. The van der Waals surface area contributed by atoms with Crippen LogP contribution in [-0.4, -0.2) is 86.6 Å². The molecule has 0 bridgehead atoms. The number of benzene rings is 2. The number of nitro groups is 1. The molecule has 2 atom stereocenters. The van der Waals surface area contributed by atoms with Crippen LogP contribution in [0.3, 0.4) is 0 Å². The standard InChI is InChI=1S/C28H31ClN4O8S/c1-18-24(27(34)40-3)26(20-7-6-8-21(17-20)33(36)37)25(19(2)30-18)28(35)41-16-15-31-11-13-32(14-12-31)42(38,39)23-10-5-4-9-22(23)29/h4-10,17,24,26H,11-16H2,1-3H3. The fourth-order valence-corrected chi connectivity index (χ4v) is 7.17. The van der Waals surface area contributed by atoms with Gasteiger partial charge in [-0.1, -0.05) is 35.9 Å². The molecule has 0 radical (unpaired) electrons. The number of hydrogen-bond acceptors (Lipinski definition) is 10. The molecule has 0 amide bonds. The van der Waals surface area contributed by atoms with E-state index in [9.17, 15) is 28.1 Å². The van der Waals surface area contributed by atoms with Gasteiger partial charge in [0.15, 0.2) is 0 Å². The topological polar surface area (TPSA) is 149 Å². The number of halogens is 1. The van der Waals surface area contributed by atoms with Crippen LogP contribution in [0.25, 0.3) is 0 Å². The maximum absolute atomic E-state index is 13.4. The highest BCUT2D eigenvalue weighted by molar-refractivity contribution is 7.89. The summed E-state index contributed by atoms with van der Waals surface area (Å²) in [5.74, 6) is -3.21. The lowest BCUT2D eigenvalue weighted by atomic mass is 9.75. The van der Waals surface area contributed by atoms with Crippen LogP contribution in [0.2, 0.25) is 5.02 Å². The van der Waals surface area contributed by atoms with Crippen molar-refractivity contribution in [2.45, 2.75) is 24.7 Å². The predicted octanol–water partition coefficient (Wildman–Crippen LogP) is 3.42. The number of nitro benzene ring substituents is 1. The van der Waals surface area contributed by atoms with E-state index in [1.165, 1.54) is 41.7 Å². The van der Waals surface area contributed by atoms with E-state index in [1.54, 1.807) is 32.0 Å². The van der Waals surface area contributed by atoms with E-state index >= 15 is 0 Å². The van der Waals surface area contributed by atoms with Crippen molar-refractivity contribution in [1.29, 1.82) is 0 Å². The molecule has 4 rings (SSSR count). The first-order valence-electron chi connectivity index (χ1n) is 13.2. The second kappa shape index (κ2) is 13.1. The smallest absolute Gasteiger partial charge is 0.336 e. The van der Waals surface area contributed by atoms with Crippen LogP contribution in [0.5, 0.6) is 0 Å². The van der Waals surface area contributed by atoms with Crippen molar-refractivity contribution in [1.82, 2.24) is 9.21 Å². The highest BCUT2D eigenvalue weighted by Gasteiger charge is 2.42. The Morgan fingerprint density at radius 1 is 1.10 bits per heavy atom. The van der Waals surface area contributed by atoms with Gasteiger partial charge in [0.25, 0.3) is 5.69 Å². The van der Waals surface area contributed by atoms with Gasteiger partial charge in [0, 0.05) is 62.2 Å². The number of methoxy groups -OCH3 is 1. The first-order chi connectivity index (χ1) is 19.9. The number of ether oxygens (including phenoxy) is 2. The number of nitrogens with zero attached hydrogens (tertiary/aromatic N) is 4. The lowest BCUT2D eigenvalue weighted by Gasteiger charge is -2.34. The SMILES string of the molecule is COC(=O)C1C(C)=NC(C)=C(C(=O)OCCN2CCN(S(=O)(=O)c3ccccc3Cl)CC2)C1c1cccc([N+](=O)[O-])c1. The molecular weight excluding hydrogens is 588 g/mol. The van der Waals surface area contributed by atoms with Gasteiger partial charge < -0.3 is 9.47 Å². The number of sulfonamides is 1. The summed E-state index contributed by atoms with van der Waals surface area (Å²) in [5, 5.41) is 11.6. The van der Waals surface area contributed by atoms with Crippen molar-refractivity contribution >= 4 is 45.0 Å². The first-order valence-corrected chi connectivity index (χ1v) is 15.0. The quantitative estimate of drug-likeness (QED) is 0.234. The zero-order valence-corrected chi connectivity index (χ0v) is 24.9. The summed E-state index contributed by atoms with van der Waals surface area (Å²) in [6, 6.07) is 12.1. The molecule has 0 spiro atoms. The second-order valence-electron chi connectivity index (χ2n) is 9.89. The number of allylic oxidation sites excluding steroid dienone is 1. The largest absolute Gasteiger partial charge is 0.468 e. The first kappa shape index (κ1) is 31.3. The van der Waals surface area contributed by atoms with E-state index in [2.05, 4.69) is 4.99 Å². The van der Waals surface area contributed by atoms with Crippen molar-refractivity contribution in [3.05, 3.63) is 80.5 Å². The molecule has 2 aliphatic rings. The number of aliphatic imine (C=N–C) groups is 1. The zero-order chi connectivity index (χ0) is 30.6. The number of rotatable bonds is 9. The molecule has 12 nitrogen and oxygen atoms in total. The Morgan fingerprint density at radius 3 is 2.43 bits per heavy atom. The predicted molar refractivity (Wildman–Crippen MR) is 155 cm³/mol. The molecule has 1 fully saturated rings.